The number of aromatic nitrogens is 2. The van der Waals surface area contributed by atoms with E-state index >= 15 is 0 Å². The van der Waals surface area contributed by atoms with Crippen LogP contribution in [-0.4, -0.2) is 52.8 Å². The van der Waals surface area contributed by atoms with Gasteiger partial charge in [-0.15, -0.1) is 0 Å². The fourth-order valence-corrected chi connectivity index (χ4v) is 4.17. The molecule has 1 unspecified atom stereocenters. The van der Waals surface area contributed by atoms with Crippen LogP contribution < -0.4 is 11.0 Å². The molecule has 1 N–H and O–H groups in total. The van der Waals surface area contributed by atoms with Crippen LogP contribution in [0.15, 0.2) is 53.3 Å². The summed E-state index contributed by atoms with van der Waals surface area (Å²) in [5.74, 6) is -0.526. The summed E-state index contributed by atoms with van der Waals surface area (Å²) in [6.07, 6.45) is 0. The van der Waals surface area contributed by atoms with Crippen LogP contribution in [0, 0.1) is 5.82 Å². The number of morpholine rings is 1. The van der Waals surface area contributed by atoms with Gasteiger partial charge in [0.2, 0.25) is 5.91 Å². The van der Waals surface area contributed by atoms with Crippen LogP contribution in [0.25, 0.3) is 11.0 Å². The van der Waals surface area contributed by atoms with E-state index in [9.17, 15) is 14.0 Å². The summed E-state index contributed by atoms with van der Waals surface area (Å²) in [6, 6.07) is 13.8. The van der Waals surface area contributed by atoms with E-state index < -0.39 is 0 Å². The van der Waals surface area contributed by atoms with Crippen LogP contribution in [0.2, 0.25) is 0 Å². The van der Waals surface area contributed by atoms with Crippen molar-refractivity contribution >= 4 is 16.9 Å². The highest BCUT2D eigenvalue weighted by Crippen LogP contribution is 2.22. The molecule has 1 saturated heterocycles. The van der Waals surface area contributed by atoms with Crippen molar-refractivity contribution in [1.29, 1.82) is 0 Å². The normalized spacial score (nSPS) is 15.8. The van der Waals surface area contributed by atoms with Gasteiger partial charge in [0.15, 0.2) is 0 Å². The van der Waals surface area contributed by atoms with Gasteiger partial charge in [0.1, 0.15) is 12.4 Å². The Morgan fingerprint density at radius 2 is 1.71 bits per heavy atom. The molecule has 1 aliphatic heterocycles. The lowest BCUT2D eigenvalue weighted by molar-refractivity contribution is -0.122. The van der Waals surface area contributed by atoms with E-state index in [1.807, 2.05) is 31.2 Å². The Balaban J connectivity index is 1.51. The van der Waals surface area contributed by atoms with Crippen molar-refractivity contribution in [3.8, 4) is 0 Å². The molecule has 3 aromatic rings. The highest BCUT2D eigenvalue weighted by atomic mass is 19.1. The number of hydrogen-bond acceptors (Lipinski definition) is 4. The molecule has 8 heteroatoms. The maximum Gasteiger partial charge on any atom is 0.329 e. The molecule has 31 heavy (non-hydrogen) atoms. The minimum Gasteiger partial charge on any atom is -0.379 e. The quantitative estimate of drug-likeness (QED) is 0.629. The fraction of sp³-hybridized carbons (Fsp3) is 0.391. The van der Waals surface area contributed by atoms with Crippen molar-refractivity contribution < 1.29 is 13.9 Å². The third-order valence-electron chi connectivity index (χ3n) is 5.78. The molecule has 164 valence electrons. The number of hydrogen-bond donors (Lipinski definition) is 1. The zero-order valence-corrected chi connectivity index (χ0v) is 17.6. The molecule has 0 saturated carbocycles. The number of aryl methyl sites for hydroxylation is 1. The van der Waals surface area contributed by atoms with Crippen molar-refractivity contribution in [3.63, 3.8) is 0 Å². The molecule has 1 fully saturated rings. The van der Waals surface area contributed by atoms with Crippen LogP contribution >= 0.6 is 0 Å². The molecule has 0 aliphatic carbocycles. The van der Waals surface area contributed by atoms with Crippen LogP contribution in [-0.2, 0) is 22.6 Å². The van der Waals surface area contributed by atoms with Gasteiger partial charge in [-0.25, -0.2) is 9.18 Å². The van der Waals surface area contributed by atoms with Gasteiger partial charge in [0.25, 0.3) is 0 Å². The molecular weight excluding hydrogens is 399 g/mol. The summed E-state index contributed by atoms with van der Waals surface area (Å²) < 4.78 is 22.0. The first kappa shape index (κ1) is 21.3. The van der Waals surface area contributed by atoms with Crippen molar-refractivity contribution in [2.45, 2.75) is 26.1 Å². The van der Waals surface area contributed by atoms with Crippen LogP contribution in [0.4, 0.5) is 4.39 Å². The number of halogens is 1. The van der Waals surface area contributed by atoms with E-state index in [2.05, 4.69) is 10.2 Å². The van der Waals surface area contributed by atoms with E-state index in [4.69, 9.17) is 4.74 Å². The Morgan fingerprint density at radius 1 is 1.06 bits per heavy atom. The monoisotopic (exact) mass is 426 g/mol. The first-order valence-corrected chi connectivity index (χ1v) is 10.6. The lowest BCUT2D eigenvalue weighted by atomic mass is 10.0. The molecule has 2 heterocycles. The number of nitrogens with zero attached hydrogens (tertiary/aromatic N) is 3. The molecule has 0 spiro atoms. The Labute approximate surface area is 180 Å². The van der Waals surface area contributed by atoms with E-state index in [1.165, 1.54) is 16.7 Å². The average Bonchev–Trinajstić information content (AvgIpc) is 3.06. The van der Waals surface area contributed by atoms with Gasteiger partial charge >= 0.3 is 5.69 Å². The lowest BCUT2D eigenvalue weighted by Crippen LogP contribution is -2.44. The summed E-state index contributed by atoms with van der Waals surface area (Å²) in [5, 5.41) is 2.98. The van der Waals surface area contributed by atoms with Gasteiger partial charge in [-0.1, -0.05) is 24.3 Å². The molecule has 1 aromatic heterocycles. The number of rotatable bonds is 7. The number of carbonyl (C=O) groups is 1. The van der Waals surface area contributed by atoms with Gasteiger partial charge in [-0.2, -0.15) is 0 Å². The van der Waals surface area contributed by atoms with Gasteiger partial charge < -0.3 is 10.1 Å². The van der Waals surface area contributed by atoms with E-state index in [1.54, 1.807) is 16.7 Å². The summed E-state index contributed by atoms with van der Waals surface area (Å²) in [5.41, 5.74) is 2.30. The van der Waals surface area contributed by atoms with Crippen molar-refractivity contribution in [2.75, 3.05) is 32.8 Å². The van der Waals surface area contributed by atoms with Crippen LogP contribution in [0.1, 0.15) is 18.5 Å². The Bertz CT molecular complexity index is 1100. The van der Waals surface area contributed by atoms with Crippen molar-refractivity contribution in [2.24, 2.45) is 0 Å². The number of carbonyl (C=O) groups excluding carboxylic acids is 1. The Hall–Kier alpha value is -2.97. The van der Waals surface area contributed by atoms with Crippen LogP contribution in [0.3, 0.4) is 0 Å². The Morgan fingerprint density at radius 3 is 2.35 bits per heavy atom. The summed E-state index contributed by atoms with van der Waals surface area (Å²) in [7, 11) is 0. The van der Waals surface area contributed by atoms with Crippen molar-refractivity contribution in [1.82, 2.24) is 19.4 Å². The third kappa shape index (κ3) is 4.55. The van der Waals surface area contributed by atoms with Crippen molar-refractivity contribution in [3.05, 3.63) is 70.4 Å². The summed E-state index contributed by atoms with van der Waals surface area (Å²) in [4.78, 5) is 27.8. The van der Waals surface area contributed by atoms with E-state index in [0.717, 1.165) is 29.7 Å². The lowest BCUT2D eigenvalue weighted by Gasteiger charge is -2.35. The molecule has 7 nitrogen and oxygen atoms in total. The SMILES string of the molecule is CCn1c(=O)n(CC(=O)NCC(c2ccc(F)cc2)N2CCOCC2)c2ccccc21. The number of para-hydroxylation sites is 2. The fourth-order valence-electron chi connectivity index (χ4n) is 4.17. The number of ether oxygens (including phenoxy) is 1. The highest BCUT2D eigenvalue weighted by molar-refractivity contribution is 5.81. The topological polar surface area (TPSA) is 68.5 Å². The molecule has 0 radical (unpaired) electrons. The van der Waals surface area contributed by atoms with E-state index in [-0.39, 0.29) is 30.0 Å². The minimum absolute atomic E-state index is 0.0500. The summed E-state index contributed by atoms with van der Waals surface area (Å²) >= 11 is 0. The predicted molar refractivity (Wildman–Crippen MR) is 116 cm³/mol. The predicted octanol–water partition coefficient (Wildman–Crippen LogP) is 2.15. The second-order valence-electron chi connectivity index (χ2n) is 7.62. The second-order valence-corrected chi connectivity index (χ2v) is 7.62. The highest BCUT2D eigenvalue weighted by Gasteiger charge is 2.24. The van der Waals surface area contributed by atoms with E-state index in [0.29, 0.717) is 26.3 Å². The molecule has 0 bridgehead atoms. The molecule has 1 aliphatic rings. The Kier molecular flexibility index (Phi) is 6.48. The van der Waals surface area contributed by atoms with Gasteiger partial charge in [0, 0.05) is 26.2 Å². The molecule has 2 aromatic carbocycles. The molecular formula is C23H27FN4O3. The van der Waals surface area contributed by atoms with Gasteiger partial charge in [-0.3, -0.25) is 18.8 Å². The van der Waals surface area contributed by atoms with Crippen LogP contribution in [0.5, 0.6) is 0 Å². The van der Waals surface area contributed by atoms with Gasteiger partial charge in [-0.05, 0) is 36.8 Å². The first-order valence-electron chi connectivity index (χ1n) is 10.6. The number of fused-ring (bicyclic) bond motifs is 1. The largest absolute Gasteiger partial charge is 0.379 e. The molecule has 4 rings (SSSR count). The average molecular weight is 426 g/mol. The minimum atomic E-state index is -0.291. The number of benzene rings is 2. The zero-order chi connectivity index (χ0) is 21.8. The summed E-state index contributed by atoms with van der Waals surface area (Å²) in [6.45, 7) is 5.49. The third-order valence-corrected chi connectivity index (χ3v) is 5.78. The van der Waals surface area contributed by atoms with Gasteiger partial charge in [0.05, 0.1) is 30.3 Å². The zero-order valence-electron chi connectivity index (χ0n) is 17.6. The number of nitrogens with one attached hydrogen (secondary N) is 1. The first-order chi connectivity index (χ1) is 15.1. The molecule has 1 amide bonds. The second kappa shape index (κ2) is 9.45. The molecule has 1 atom stereocenters. The standard InChI is InChI=1S/C23H27FN4O3/c1-2-27-19-5-3-4-6-20(19)28(23(27)30)16-22(29)25-15-21(26-11-13-31-14-12-26)17-7-9-18(24)10-8-17/h3-10,21H,2,11-16H2,1H3,(H,25,29). The maximum atomic E-state index is 13.4. The number of amides is 1. The number of imidazole rings is 1. The maximum absolute atomic E-state index is 13.4. The smallest absolute Gasteiger partial charge is 0.329 e.